The Hall–Kier alpha value is -3.01. The van der Waals surface area contributed by atoms with Crippen LogP contribution in [0.3, 0.4) is 0 Å². The molecule has 38 heavy (non-hydrogen) atoms. The number of β-amino-alcohol motifs (C(OH)–C–C–N with tert-alkyl or cyclic N) is 1. The van der Waals surface area contributed by atoms with Crippen LogP contribution in [0.5, 0.6) is 5.75 Å². The van der Waals surface area contributed by atoms with Crippen molar-refractivity contribution in [2.24, 2.45) is 0 Å². The van der Waals surface area contributed by atoms with Crippen molar-refractivity contribution in [3.05, 3.63) is 53.1 Å². The van der Waals surface area contributed by atoms with Gasteiger partial charge in [0, 0.05) is 37.3 Å². The molecule has 2 aliphatic heterocycles. The number of nitrogens with zero attached hydrogens (tertiary/aromatic N) is 5. The van der Waals surface area contributed by atoms with Gasteiger partial charge < -0.3 is 19.3 Å². The lowest BCUT2D eigenvalue weighted by Gasteiger charge is -2.36. The Balaban J connectivity index is 0.00000164. The number of nitriles is 1. The minimum absolute atomic E-state index is 0.0362. The molecule has 1 fully saturated rings. The summed E-state index contributed by atoms with van der Waals surface area (Å²) in [6.45, 7) is 6.68. The van der Waals surface area contributed by atoms with Crippen molar-refractivity contribution in [1.29, 1.82) is 5.26 Å². The number of fused-ring (bicyclic) bond motifs is 1. The smallest absolute Gasteiger partial charge is 0.258 e. The molecular weight excluding hydrogens is 597 g/mol. The van der Waals surface area contributed by atoms with E-state index in [1.807, 2.05) is 34.6 Å². The zero-order valence-corrected chi connectivity index (χ0v) is 24.0. The monoisotopic (exact) mass is 629 g/mol. The lowest BCUT2D eigenvalue weighted by atomic mass is 10.00. The van der Waals surface area contributed by atoms with Gasteiger partial charge in [-0.3, -0.25) is 9.69 Å². The minimum atomic E-state index is -0.304. The molecule has 0 bridgehead atoms. The second-order valence-corrected chi connectivity index (χ2v) is 9.62. The van der Waals surface area contributed by atoms with Gasteiger partial charge in [0.1, 0.15) is 11.8 Å². The lowest BCUT2D eigenvalue weighted by molar-refractivity contribution is -0.135. The Labute approximate surface area is 236 Å². The van der Waals surface area contributed by atoms with Crippen LogP contribution < -0.4 is 4.74 Å². The highest BCUT2D eigenvalue weighted by Gasteiger charge is 2.28. The first kappa shape index (κ1) is 28.0. The number of hydrogen-bond acceptors (Lipinski definition) is 8. The highest BCUT2D eigenvalue weighted by atomic mass is 127. The summed E-state index contributed by atoms with van der Waals surface area (Å²) >= 11 is 2.15. The number of ether oxygens (including phenoxy) is 1. The van der Waals surface area contributed by atoms with Crippen LogP contribution in [0, 0.1) is 11.3 Å². The Morgan fingerprint density at radius 1 is 1.16 bits per heavy atom. The number of amides is 1. The van der Waals surface area contributed by atoms with Gasteiger partial charge in [-0.05, 0) is 67.0 Å². The number of carbonyl (C=O) groups excluding carboxylic acids is 1. The molecule has 1 N–H and O–H groups in total. The third-order valence-electron chi connectivity index (χ3n) is 6.55. The maximum Gasteiger partial charge on any atom is 0.258 e. The molecule has 9 nitrogen and oxygen atoms in total. The lowest BCUT2D eigenvalue weighted by Crippen LogP contribution is -2.54. The van der Waals surface area contributed by atoms with E-state index in [1.165, 1.54) is 11.1 Å². The summed E-state index contributed by atoms with van der Waals surface area (Å²) in [4.78, 5) is 23.1. The summed E-state index contributed by atoms with van der Waals surface area (Å²) in [6.07, 6.45) is 1.21. The van der Waals surface area contributed by atoms with Crippen molar-refractivity contribution in [2.75, 3.05) is 37.7 Å². The number of aliphatic hydroxyl groups is 1. The molecule has 2 aromatic carbocycles. The van der Waals surface area contributed by atoms with Crippen LogP contribution in [0.4, 0.5) is 0 Å². The summed E-state index contributed by atoms with van der Waals surface area (Å²) < 4.78 is 11.2. The molecule has 0 atom stereocenters. The summed E-state index contributed by atoms with van der Waals surface area (Å²) in [7, 11) is 0. The standard InChI is InChI=1S/C27H29N5O4.CH3I/c1-17(2)35-24-6-5-21(12-22(24)13-28)27-29-26(30-36-27)20-4-3-18-7-9-32(10-8-19(18)11-20)25(34)16-31-14-23(33)15-31;1-2/h3-6,11-12,17,23,33H,7-10,14-16H2,1-2H3;1H3. The predicted octanol–water partition coefficient (Wildman–Crippen LogP) is 3.72. The Kier molecular flexibility index (Phi) is 9.35. The first-order chi connectivity index (χ1) is 18.4. The molecule has 5 rings (SSSR count). The number of benzene rings is 2. The fourth-order valence-electron chi connectivity index (χ4n) is 4.64. The van der Waals surface area contributed by atoms with E-state index in [4.69, 9.17) is 9.26 Å². The summed E-state index contributed by atoms with van der Waals surface area (Å²) in [5.41, 5.74) is 4.31. The number of rotatable bonds is 6. The number of aliphatic hydroxyl groups excluding tert-OH is 1. The Morgan fingerprint density at radius 2 is 1.87 bits per heavy atom. The van der Waals surface area contributed by atoms with Crippen molar-refractivity contribution in [2.45, 2.75) is 38.9 Å². The fourth-order valence-corrected chi connectivity index (χ4v) is 4.64. The van der Waals surface area contributed by atoms with Crippen molar-refractivity contribution >= 4 is 28.5 Å². The number of carbonyl (C=O) groups is 1. The molecule has 0 spiro atoms. The van der Waals surface area contributed by atoms with Gasteiger partial charge in [-0.25, -0.2) is 0 Å². The van der Waals surface area contributed by atoms with Gasteiger partial charge in [0.2, 0.25) is 11.7 Å². The first-order valence-corrected chi connectivity index (χ1v) is 14.8. The molecular formula is C28H32IN5O4. The van der Waals surface area contributed by atoms with E-state index in [0.717, 1.165) is 18.4 Å². The Morgan fingerprint density at radius 3 is 2.55 bits per heavy atom. The van der Waals surface area contributed by atoms with Crippen LogP contribution in [-0.2, 0) is 17.6 Å². The van der Waals surface area contributed by atoms with Crippen molar-refractivity contribution in [3.63, 3.8) is 0 Å². The molecule has 3 aromatic rings. The van der Waals surface area contributed by atoms with Crippen LogP contribution in [0.15, 0.2) is 40.9 Å². The van der Waals surface area contributed by atoms with Gasteiger partial charge in [-0.15, -0.1) is 0 Å². The quantitative estimate of drug-likeness (QED) is 0.324. The average Bonchev–Trinajstić information content (AvgIpc) is 3.29. The maximum absolute atomic E-state index is 12.7. The molecule has 10 heteroatoms. The third-order valence-corrected chi connectivity index (χ3v) is 6.55. The summed E-state index contributed by atoms with van der Waals surface area (Å²) in [6, 6.07) is 13.5. The van der Waals surface area contributed by atoms with Crippen LogP contribution in [0.2, 0.25) is 0 Å². The first-order valence-electron chi connectivity index (χ1n) is 12.6. The van der Waals surface area contributed by atoms with Gasteiger partial charge in [-0.2, -0.15) is 10.2 Å². The molecule has 1 saturated heterocycles. The number of aromatic nitrogens is 2. The normalized spacial score (nSPS) is 15.6. The molecule has 3 heterocycles. The maximum atomic E-state index is 12.7. The van der Waals surface area contributed by atoms with Crippen molar-refractivity contribution < 1.29 is 19.2 Å². The number of halogens is 1. The van der Waals surface area contributed by atoms with Crippen LogP contribution >= 0.6 is 22.6 Å². The third kappa shape index (κ3) is 6.51. The number of hydrogen-bond donors (Lipinski definition) is 1. The number of alkyl halides is 1. The van der Waals surface area contributed by atoms with Crippen LogP contribution in [0.1, 0.15) is 30.5 Å². The fraction of sp³-hybridized carbons (Fsp3) is 0.429. The zero-order chi connectivity index (χ0) is 27.2. The molecule has 2 aliphatic rings. The zero-order valence-electron chi connectivity index (χ0n) is 21.9. The van der Waals surface area contributed by atoms with Crippen LogP contribution in [-0.4, -0.2) is 80.8 Å². The van der Waals surface area contributed by atoms with Crippen LogP contribution in [0.25, 0.3) is 22.8 Å². The summed E-state index contributed by atoms with van der Waals surface area (Å²) in [5.74, 6) is 1.44. The van der Waals surface area contributed by atoms with E-state index in [9.17, 15) is 15.2 Å². The molecule has 0 aliphatic carbocycles. The molecule has 200 valence electrons. The average molecular weight is 629 g/mol. The molecule has 1 amide bonds. The highest BCUT2D eigenvalue weighted by molar-refractivity contribution is 14.1. The second-order valence-electron chi connectivity index (χ2n) is 9.62. The van der Waals surface area contributed by atoms with E-state index in [0.29, 0.717) is 61.3 Å². The van der Waals surface area contributed by atoms with Gasteiger partial charge in [0.25, 0.3) is 5.89 Å². The second kappa shape index (κ2) is 12.7. The van der Waals surface area contributed by atoms with E-state index in [-0.39, 0.29) is 18.1 Å². The van der Waals surface area contributed by atoms with Gasteiger partial charge in [-0.1, -0.05) is 39.9 Å². The molecule has 1 aromatic heterocycles. The highest BCUT2D eigenvalue weighted by Crippen LogP contribution is 2.29. The number of likely N-dealkylation sites (tertiary alicyclic amines) is 1. The Bertz CT molecular complexity index is 1310. The van der Waals surface area contributed by atoms with Gasteiger partial charge in [0.05, 0.1) is 24.3 Å². The molecule has 0 radical (unpaired) electrons. The largest absolute Gasteiger partial charge is 0.490 e. The minimum Gasteiger partial charge on any atom is -0.490 e. The van der Waals surface area contributed by atoms with Crippen molar-refractivity contribution in [3.8, 4) is 34.7 Å². The SMILES string of the molecule is CC(C)Oc1ccc(-c2nc(-c3ccc4c(c3)CCN(C(=O)CN3CC(O)C3)CC4)no2)cc1C#N.CI. The van der Waals surface area contributed by atoms with Crippen molar-refractivity contribution in [1.82, 2.24) is 19.9 Å². The van der Waals surface area contributed by atoms with E-state index < -0.39 is 0 Å². The summed E-state index contributed by atoms with van der Waals surface area (Å²) in [5, 5.41) is 23.1. The van der Waals surface area contributed by atoms with E-state index in [2.05, 4.69) is 50.9 Å². The topological polar surface area (TPSA) is 116 Å². The molecule has 0 unspecified atom stereocenters. The van der Waals surface area contributed by atoms with E-state index >= 15 is 0 Å². The molecule has 0 saturated carbocycles. The van der Waals surface area contributed by atoms with Gasteiger partial charge in [0.15, 0.2) is 0 Å². The van der Waals surface area contributed by atoms with E-state index in [1.54, 1.807) is 18.2 Å². The van der Waals surface area contributed by atoms with Gasteiger partial charge >= 0.3 is 0 Å². The predicted molar refractivity (Wildman–Crippen MR) is 152 cm³/mol.